The van der Waals surface area contributed by atoms with Gasteiger partial charge >= 0.3 is 0 Å². The van der Waals surface area contributed by atoms with Crippen LogP contribution in [0, 0.1) is 11.6 Å². The maximum Gasteiger partial charge on any atom is 0.148 e. The maximum atomic E-state index is 13.2. The highest BCUT2D eigenvalue weighted by Crippen LogP contribution is 2.31. The largest absolute Gasteiger partial charge is 0.458 e. The molecule has 0 fully saturated rings. The maximum absolute atomic E-state index is 13.2. The van der Waals surface area contributed by atoms with Crippen molar-refractivity contribution in [3.05, 3.63) is 69.9 Å². The van der Waals surface area contributed by atoms with Crippen LogP contribution in [-0.4, -0.2) is 0 Å². The molecule has 5 heteroatoms. The van der Waals surface area contributed by atoms with Crippen molar-refractivity contribution in [3.63, 3.8) is 0 Å². The van der Waals surface area contributed by atoms with Crippen LogP contribution in [0.4, 0.5) is 8.78 Å². The summed E-state index contributed by atoms with van der Waals surface area (Å²) in [6.45, 7) is 0. The molecule has 2 nitrogen and oxygen atoms in total. The molecule has 102 valence electrons. The first-order chi connectivity index (χ1) is 9.54. The van der Waals surface area contributed by atoms with Gasteiger partial charge in [0.1, 0.15) is 23.0 Å². The smallest absolute Gasteiger partial charge is 0.148 e. The van der Waals surface area contributed by atoms with Gasteiger partial charge in [-0.15, -0.1) is 0 Å². The lowest BCUT2D eigenvalue weighted by Crippen LogP contribution is -2.11. The average molecular weight is 338 g/mol. The van der Waals surface area contributed by atoms with E-state index in [0.29, 0.717) is 16.9 Å². The minimum Gasteiger partial charge on any atom is -0.458 e. The number of rotatable bonds is 2. The third-order valence-electron chi connectivity index (χ3n) is 3.07. The molecule has 0 aliphatic heterocycles. The molecule has 0 bridgehead atoms. The van der Waals surface area contributed by atoms with Crippen molar-refractivity contribution in [2.24, 2.45) is 5.73 Å². The summed E-state index contributed by atoms with van der Waals surface area (Å²) >= 11 is 3.38. The lowest BCUT2D eigenvalue weighted by molar-refractivity contribution is 0.518. The van der Waals surface area contributed by atoms with Crippen molar-refractivity contribution < 1.29 is 13.2 Å². The average Bonchev–Trinajstić information content (AvgIpc) is 2.82. The first kappa shape index (κ1) is 13.3. The Morgan fingerprint density at radius 2 is 1.75 bits per heavy atom. The molecule has 3 rings (SSSR count). The van der Waals surface area contributed by atoms with E-state index in [1.54, 1.807) is 6.07 Å². The molecule has 1 unspecified atom stereocenters. The van der Waals surface area contributed by atoms with Crippen molar-refractivity contribution >= 4 is 26.9 Å². The van der Waals surface area contributed by atoms with Crippen molar-refractivity contribution in [2.75, 3.05) is 0 Å². The topological polar surface area (TPSA) is 39.2 Å². The molecule has 0 saturated heterocycles. The Hall–Kier alpha value is -1.72. The highest BCUT2D eigenvalue weighted by molar-refractivity contribution is 9.10. The normalized spacial score (nSPS) is 12.8. The molecule has 0 aliphatic carbocycles. The summed E-state index contributed by atoms with van der Waals surface area (Å²) in [5.74, 6) is -0.864. The quantitative estimate of drug-likeness (QED) is 0.746. The number of fused-ring (bicyclic) bond motifs is 1. The van der Waals surface area contributed by atoms with E-state index in [-0.39, 0.29) is 0 Å². The number of hydrogen-bond donors (Lipinski definition) is 1. The van der Waals surface area contributed by atoms with Gasteiger partial charge in [-0.3, -0.25) is 0 Å². The van der Waals surface area contributed by atoms with Gasteiger partial charge in [-0.1, -0.05) is 12.1 Å². The molecular weight excluding hydrogens is 328 g/mol. The zero-order chi connectivity index (χ0) is 14.3. The van der Waals surface area contributed by atoms with Crippen LogP contribution >= 0.6 is 15.9 Å². The van der Waals surface area contributed by atoms with E-state index in [9.17, 15) is 8.78 Å². The molecule has 1 aromatic heterocycles. The van der Waals surface area contributed by atoms with Gasteiger partial charge in [0.15, 0.2) is 0 Å². The predicted octanol–water partition coefficient (Wildman–Crippen LogP) is 4.52. The summed E-state index contributed by atoms with van der Waals surface area (Å²) in [5.41, 5.74) is 7.02. The SMILES string of the molecule is NC(c1cc(F)cc(F)c1)c1cc2cccc(Br)c2o1. The fourth-order valence-corrected chi connectivity index (χ4v) is 2.58. The van der Waals surface area contributed by atoms with E-state index in [1.165, 1.54) is 12.1 Å². The number of para-hydroxylation sites is 1. The molecule has 20 heavy (non-hydrogen) atoms. The van der Waals surface area contributed by atoms with E-state index in [1.807, 2.05) is 18.2 Å². The Balaban J connectivity index is 2.07. The predicted molar refractivity (Wildman–Crippen MR) is 76.3 cm³/mol. The number of hydrogen-bond acceptors (Lipinski definition) is 2. The number of furan rings is 1. The van der Waals surface area contributed by atoms with E-state index in [4.69, 9.17) is 10.2 Å². The number of nitrogens with two attached hydrogens (primary N) is 1. The molecule has 1 atom stereocenters. The van der Waals surface area contributed by atoms with Gasteiger partial charge in [0, 0.05) is 11.5 Å². The fraction of sp³-hybridized carbons (Fsp3) is 0.0667. The van der Waals surface area contributed by atoms with Crippen LogP contribution in [0.3, 0.4) is 0 Å². The molecule has 1 heterocycles. The molecule has 3 aromatic rings. The van der Waals surface area contributed by atoms with Crippen LogP contribution in [0.2, 0.25) is 0 Å². The van der Waals surface area contributed by atoms with E-state index in [0.717, 1.165) is 15.9 Å². The van der Waals surface area contributed by atoms with Gasteiger partial charge in [-0.05, 0) is 45.8 Å². The van der Waals surface area contributed by atoms with Crippen molar-refractivity contribution in [1.29, 1.82) is 0 Å². The van der Waals surface area contributed by atoms with Crippen molar-refractivity contribution in [3.8, 4) is 0 Å². The van der Waals surface area contributed by atoms with Crippen molar-refractivity contribution in [2.45, 2.75) is 6.04 Å². The third-order valence-corrected chi connectivity index (χ3v) is 3.69. The van der Waals surface area contributed by atoms with Crippen LogP contribution < -0.4 is 5.73 Å². The Labute approximate surface area is 122 Å². The van der Waals surface area contributed by atoms with Gasteiger partial charge in [-0.25, -0.2) is 8.78 Å². The lowest BCUT2D eigenvalue weighted by Gasteiger charge is -2.09. The second-order valence-corrected chi connectivity index (χ2v) is 5.34. The standard InChI is InChI=1S/C15H10BrF2NO/c16-12-3-1-2-8-6-13(20-15(8)12)14(19)9-4-10(17)7-11(18)5-9/h1-7,14H,19H2. The summed E-state index contributed by atoms with van der Waals surface area (Å²) in [4.78, 5) is 0. The van der Waals surface area contributed by atoms with E-state index in [2.05, 4.69) is 15.9 Å². The first-order valence-electron chi connectivity index (χ1n) is 5.94. The second-order valence-electron chi connectivity index (χ2n) is 4.49. The molecule has 0 amide bonds. The molecule has 0 aliphatic rings. The summed E-state index contributed by atoms with van der Waals surface area (Å²) in [5, 5.41) is 0.877. The highest BCUT2D eigenvalue weighted by atomic mass is 79.9. The van der Waals surface area contributed by atoms with Crippen LogP contribution in [0.25, 0.3) is 11.0 Å². The monoisotopic (exact) mass is 337 g/mol. The summed E-state index contributed by atoms with van der Waals surface area (Å²) in [6.07, 6.45) is 0. The van der Waals surface area contributed by atoms with Crippen LogP contribution in [0.5, 0.6) is 0 Å². The zero-order valence-corrected chi connectivity index (χ0v) is 11.8. The fourth-order valence-electron chi connectivity index (χ4n) is 2.12. The van der Waals surface area contributed by atoms with Gasteiger partial charge < -0.3 is 10.2 Å². The molecule has 0 radical (unpaired) electrons. The second kappa shape index (κ2) is 5.00. The van der Waals surface area contributed by atoms with Gasteiger partial charge in [0.05, 0.1) is 10.5 Å². The first-order valence-corrected chi connectivity index (χ1v) is 6.73. The molecule has 0 saturated carbocycles. The van der Waals surface area contributed by atoms with Gasteiger partial charge in [0.25, 0.3) is 0 Å². The Morgan fingerprint density at radius 3 is 2.40 bits per heavy atom. The van der Waals surface area contributed by atoms with E-state index >= 15 is 0 Å². The molecule has 0 spiro atoms. The summed E-state index contributed by atoms with van der Waals surface area (Å²) in [7, 11) is 0. The van der Waals surface area contributed by atoms with Crippen LogP contribution in [0.1, 0.15) is 17.4 Å². The Kier molecular flexibility index (Phi) is 3.31. The Morgan fingerprint density at radius 1 is 1.05 bits per heavy atom. The summed E-state index contributed by atoms with van der Waals surface area (Å²) < 4.78 is 33.0. The van der Waals surface area contributed by atoms with Gasteiger partial charge in [-0.2, -0.15) is 0 Å². The molecular formula is C15H10BrF2NO. The molecule has 2 aromatic carbocycles. The minimum absolute atomic E-state index is 0.331. The highest BCUT2D eigenvalue weighted by Gasteiger charge is 2.17. The molecule has 2 N–H and O–H groups in total. The zero-order valence-electron chi connectivity index (χ0n) is 10.2. The third kappa shape index (κ3) is 2.34. The lowest BCUT2D eigenvalue weighted by atomic mass is 10.0. The Bertz CT molecular complexity index is 764. The van der Waals surface area contributed by atoms with Crippen LogP contribution in [-0.2, 0) is 0 Å². The van der Waals surface area contributed by atoms with Crippen molar-refractivity contribution in [1.82, 2.24) is 0 Å². The number of benzene rings is 2. The summed E-state index contributed by atoms with van der Waals surface area (Å²) in [6, 6.07) is 9.87. The van der Waals surface area contributed by atoms with Crippen LogP contribution in [0.15, 0.2) is 51.4 Å². The van der Waals surface area contributed by atoms with Gasteiger partial charge in [0.2, 0.25) is 0 Å². The number of halogens is 3. The minimum atomic E-state index is -0.723. The van der Waals surface area contributed by atoms with E-state index < -0.39 is 17.7 Å².